The normalized spacial score (nSPS) is 15.8. The van der Waals surface area contributed by atoms with Gasteiger partial charge in [0.15, 0.2) is 5.78 Å². The fourth-order valence-electron chi connectivity index (χ4n) is 2.80. The molecule has 1 aliphatic heterocycles. The van der Waals surface area contributed by atoms with Crippen molar-refractivity contribution in [1.82, 2.24) is 4.90 Å². The molecule has 0 bridgehead atoms. The molecule has 110 valence electrons. The molecule has 0 saturated carbocycles. The number of ether oxygens (including phenoxy) is 1. The fraction of sp³-hybridized carbons (Fsp3) is 0.588. The number of ketones is 1. The quantitative estimate of drug-likeness (QED) is 0.744. The van der Waals surface area contributed by atoms with Gasteiger partial charge >= 0.3 is 0 Å². The van der Waals surface area contributed by atoms with Crippen LogP contribution in [0, 0.1) is 0 Å². The summed E-state index contributed by atoms with van der Waals surface area (Å²) < 4.78 is 5.26. The van der Waals surface area contributed by atoms with Crippen LogP contribution in [0.5, 0.6) is 5.75 Å². The summed E-state index contributed by atoms with van der Waals surface area (Å²) in [6.07, 6.45) is 3.16. The molecule has 3 nitrogen and oxygen atoms in total. The third kappa shape index (κ3) is 3.60. The van der Waals surface area contributed by atoms with E-state index in [9.17, 15) is 4.79 Å². The molecule has 0 amide bonds. The van der Waals surface area contributed by atoms with Gasteiger partial charge in [0.1, 0.15) is 5.75 Å². The van der Waals surface area contributed by atoms with Crippen molar-refractivity contribution >= 4 is 5.78 Å². The molecule has 0 N–H and O–H groups in total. The van der Waals surface area contributed by atoms with E-state index < -0.39 is 0 Å². The summed E-state index contributed by atoms with van der Waals surface area (Å²) in [5, 5.41) is 0. The Morgan fingerprint density at radius 2 is 2.00 bits per heavy atom. The van der Waals surface area contributed by atoms with Crippen molar-refractivity contribution in [3.05, 3.63) is 29.3 Å². The molecule has 0 spiro atoms. The SMILES string of the molecule is COc1ccc(C(=O)CCN2CCCC2)c(C(C)C)c1. The van der Waals surface area contributed by atoms with Gasteiger partial charge in [0, 0.05) is 18.5 Å². The van der Waals surface area contributed by atoms with E-state index >= 15 is 0 Å². The molecular weight excluding hydrogens is 250 g/mol. The van der Waals surface area contributed by atoms with Gasteiger partial charge in [-0.1, -0.05) is 13.8 Å². The smallest absolute Gasteiger partial charge is 0.164 e. The van der Waals surface area contributed by atoms with Gasteiger partial charge in [-0.3, -0.25) is 4.79 Å². The highest BCUT2D eigenvalue weighted by Gasteiger charge is 2.17. The molecule has 1 aromatic carbocycles. The van der Waals surface area contributed by atoms with Crippen LogP contribution in [0.2, 0.25) is 0 Å². The summed E-state index contributed by atoms with van der Waals surface area (Å²) in [7, 11) is 1.66. The van der Waals surface area contributed by atoms with Crippen molar-refractivity contribution in [2.75, 3.05) is 26.7 Å². The van der Waals surface area contributed by atoms with E-state index in [0.29, 0.717) is 12.3 Å². The highest BCUT2D eigenvalue weighted by Crippen LogP contribution is 2.26. The van der Waals surface area contributed by atoms with Crippen LogP contribution in [0.25, 0.3) is 0 Å². The molecule has 3 heteroatoms. The molecule has 0 radical (unpaired) electrons. The Hall–Kier alpha value is -1.35. The average Bonchev–Trinajstić information content (AvgIpc) is 2.97. The first-order valence-corrected chi connectivity index (χ1v) is 7.55. The molecule has 20 heavy (non-hydrogen) atoms. The zero-order chi connectivity index (χ0) is 14.5. The van der Waals surface area contributed by atoms with E-state index in [2.05, 4.69) is 18.7 Å². The van der Waals surface area contributed by atoms with E-state index in [1.54, 1.807) is 7.11 Å². The predicted molar refractivity (Wildman–Crippen MR) is 81.7 cm³/mol. The van der Waals surface area contributed by atoms with Crippen LogP contribution in [0.1, 0.15) is 54.9 Å². The molecule has 0 aromatic heterocycles. The fourth-order valence-corrected chi connectivity index (χ4v) is 2.80. The number of Topliss-reactive ketones (excluding diaryl/α,β-unsaturated/α-hetero) is 1. The Kier molecular flexibility index (Phi) is 5.18. The first-order chi connectivity index (χ1) is 9.61. The number of hydrogen-bond acceptors (Lipinski definition) is 3. The van der Waals surface area contributed by atoms with Crippen molar-refractivity contribution in [3.8, 4) is 5.75 Å². The van der Waals surface area contributed by atoms with Crippen molar-refractivity contribution < 1.29 is 9.53 Å². The van der Waals surface area contributed by atoms with E-state index in [4.69, 9.17) is 4.74 Å². The molecule has 1 saturated heterocycles. The molecule has 0 unspecified atom stereocenters. The van der Waals surface area contributed by atoms with Crippen LogP contribution in [-0.2, 0) is 0 Å². The monoisotopic (exact) mass is 275 g/mol. The zero-order valence-corrected chi connectivity index (χ0v) is 12.8. The Morgan fingerprint density at radius 3 is 2.60 bits per heavy atom. The van der Waals surface area contributed by atoms with Crippen LogP contribution in [0.15, 0.2) is 18.2 Å². The summed E-state index contributed by atoms with van der Waals surface area (Å²) in [6, 6.07) is 5.79. The van der Waals surface area contributed by atoms with Crippen LogP contribution >= 0.6 is 0 Å². The van der Waals surface area contributed by atoms with E-state index in [1.807, 2.05) is 18.2 Å². The highest BCUT2D eigenvalue weighted by molar-refractivity contribution is 5.98. The minimum atomic E-state index is 0.253. The lowest BCUT2D eigenvalue weighted by atomic mass is 9.93. The molecular formula is C17H25NO2. The number of rotatable bonds is 6. The number of carbonyl (C=O) groups excluding carboxylic acids is 1. The van der Waals surface area contributed by atoms with Gasteiger partial charge in [0.25, 0.3) is 0 Å². The summed E-state index contributed by atoms with van der Waals surface area (Å²) in [5.74, 6) is 1.41. The number of methoxy groups -OCH3 is 1. The Bertz CT molecular complexity index is 462. The van der Waals surface area contributed by atoms with E-state index in [0.717, 1.165) is 36.5 Å². The highest BCUT2D eigenvalue weighted by atomic mass is 16.5. The molecule has 0 aliphatic carbocycles. The average molecular weight is 275 g/mol. The lowest BCUT2D eigenvalue weighted by Crippen LogP contribution is -2.23. The molecule has 1 aromatic rings. The Labute approximate surface area is 121 Å². The van der Waals surface area contributed by atoms with Gasteiger partial charge in [0.05, 0.1) is 7.11 Å². The minimum absolute atomic E-state index is 0.253. The van der Waals surface area contributed by atoms with E-state index in [1.165, 1.54) is 12.8 Å². The van der Waals surface area contributed by atoms with Gasteiger partial charge in [-0.25, -0.2) is 0 Å². The third-order valence-electron chi connectivity index (χ3n) is 4.03. The van der Waals surface area contributed by atoms with Gasteiger partial charge in [-0.15, -0.1) is 0 Å². The number of hydrogen-bond donors (Lipinski definition) is 0. The standard InChI is InChI=1S/C17H25NO2/c1-13(2)16-12-14(20-3)6-7-15(16)17(19)8-11-18-9-4-5-10-18/h6-7,12-13H,4-5,8-11H2,1-3H3. The van der Waals surface area contributed by atoms with Gasteiger partial charge in [-0.2, -0.15) is 0 Å². The summed E-state index contributed by atoms with van der Waals surface area (Å²) in [6.45, 7) is 7.42. The third-order valence-corrected chi connectivity index (χ3v) is 4.03. The molecule has 1 heterocycles. The topological polar surface area (TPSA) is 29.5 Å². The second-order valence-corrected chi connectivity index (χ2v) is 5.83. The first kappa shape index (κ1) is 15.0. The summed E-state index contributed by atoms with van der Waals surface area (Å²) in [5.41, 5.74) is 1.95. The van der Waals surface area contributed by atoms with Crippen LogP contribution in [0.4, 0.5) is 0 Å². The number of benzene rings is 1. The lowest BCUT2D eigenvalue weighted by Gasteiger charge is -2.16. The van der Waals surface area contributed by atoms with Crippen molar-refractivity contribution in [1.29, 1.82) is 0 Å². The van der Waals surface area contributed by atoms with Crippen LogP contribution < -0.4 is 4.74 Å². The van der Waals surface area contributed by atoms with Gasteiger partial charge in [-0.05, 0) is 55.6 Å². The number of likely N-dealkylation sites (tertiary alicyclic amines) is 1. The Morgan fingerprint density at radius 1 is 1.30 bits per heavy atom. The van der Waals surface area contributed by atoms with E-state index in [-0.39, 0.29) is 5.78 Å². The second-order valence-electron chi connectivity index (χ2n) is 5.83. The zero-order valence-electron chi connectivity index (χ0n) is 12.8. The number of nitrogens with zero attached hydrogens (tertiary/aromatic N) is 1. The van der Waals surface area contributed by atoms with Gasteiger partial charge in [0.2, 0.25) is 0 Å². The maximum atomic E-state index is 12.5. The van der Waals surface area contributed by atoms with Gasteiger partial charge < -0.3 is 9.64 Å². The maximum absolute atomic E-state index is 12.5. The maximum Gasteiger partial charge on any atom is 0.164 e. The van der Waals surface area contributed by atoms with Crippen molar-refractivity contribution in [2.45, 2.75) is 39.0 Å². The van der Waals surface area contributed by atoms with Crippen LogP contribution in [-0.4, -0.2) is 37.4 Å². The minimum Gasteiger partial charge on any atom is -0.497 e. The molecule has 1 aliphatic rings. The number of carbonyl (C=O) groups is 1. The lowest BCUT2D eigenvalue weighted by molar-refractivity contribution is 0.0967. The van der Waals surface area contributed by atoms with Crippen LogP contribution in [0.3, 0.4) is 0 Å². The molecule has 2 rings (SSSR count). The molecule has 1 fully saturated rings. The predicted octanol–water partition coefficient (Wildman–Crippen LogP) is 3.49. The van der Waals surface area contributed by atoms with Crippen molar-refractivity contribution in [2.24, 2.45) is 0 Å². The largest absolute Gasteiger partial charge is 0.497 e. The molecule has 0 atom stereocenters. The van der Waals surface area contributed by atoms with Crippen molar-refractivity contribution in [3.63, 3.8) is 0 Å². The second kappa shape index (κ2) is 6.89. The Balaban J connectivity index is 2.07. The summed E-state index contributed by atoms with van der Waals surface area (Å²) >= 11 is 0. The first-order valence-electron chi connectivity index (χ1n) is 7.55. The summed E-state index contributed by atoms with van der Waals surface area (Å²) in [4.78, 5) is 14.8.